The molecule has 1 amide bonds. The Kier molecular flexibility index (Phi) is 4.50. The number of aryl methyl sites for hydroxylation is 1. The van der Waals surface area contributed by atoms with E-state index >= 15 is 0 Å². The predicted molar refractivity (Wildman–Crippen MR) is 103 cm³/mol. The van der Waals surface area contributed by atoms with E-state index in [1.807, 2.05) is 55.5 Å². The van der Waals surface area contributed by atoms with Gasteiger partial charge in [0.05, 0.1) is 11.3 Å². The van der Waals surface area contributed by atoms with Gasteiger partial charge in [-0.15, -0.1) is 0 Å². The molecule has 5 heteroatoms. The number of benzene rings is 2. The second-order valence-electron chi connectivity index (χ2n) is 6.82. The monoisotopic (exact) mass is 357 g/mol. The molecule has 1 aliphatic carbocycles. The van der Waals surface area contributed by atoms with Crippen molar-refractivity contribution in [1.29, 1.82) is 0 Å². The number of Topliss-reactive ketones (excluding diaryl/α,β-unsaturated/α-hetero) is 1. The molecule has 1 N–H and O–H groups in total. The molecule has 2 aromatic carbocycles. The zero-order valence-corrected chi connectivity index (χ0v) is 15.0. The van der Waals surface area contributed by atoms with Gasteiger partial charge in [-0.2, -0.15) is 0 Å². The van der Waals surface area contributed by atoms with Gasteiger partial charge in [0, 0.05) is 18.2 Å². The molecular weight excluding hydrogens is 338 g/mol. The Morgan fingerprint density at radius 2 is 1.89 bits per heavy atom. The van der Waals surface area contributed by atoms with Crippen molar-refractivity contribution in [3.05, 3.63) is 88.7 Å². The molecule has 5 nitrogen and oxygen atoms in total. The molecule has 3 aromatic rings. The Hall–Kier alpha value is -3.34. The summed E-state index contributed by atoms with van der Waals surface area (Å²) < 4.78 is 0. The molecule has 1 heterocycles. The Morgan fingerprint density at radius 1 is 1.07 bits per heavy atom. The molecule has 0 unspecified atom stereocenters. The Labute approximate surface area is 157 Å². The molecule has 0 bridgehead atoms. The normalized spacial score (nSPS) is 15.9. The summed E-state index contributed by atoms with van der Waals surface area (Å²) in [5, 5.41) is 2.73. The van der Waals surface area contributed by atoms with Crippen molar-refractivity contribution in [1.82, 2.24) is 9.97 Å². The number of carbonyl (C=O) groups excluding carboxylic acids is 2. The highest BCUT2D eigenvalue weighted by molar-refractivity contribution is 6.03. The number of nitrogens with one attached hydrogen (secondary N) is 1. The lowest BCUT2D eigenvalue weighted by Gasteiger charge is -2.23. The third-order valence-corrected chi connectivity index (χ3v) is 4.82. The minimum atomic E-state index is -0.264. The quantitative estimate of drug-likeness (QED) is 0.770. The molecule has 0 spiro atoms. The second-order valence-corrected chi connectivity index (χ2v) is 6.82. The number of ketones is 1. The lowest BCUT2D eigenvalue weighted by atomic mass is 9.82. The van der Waals surface area contributed by atoms with Crippen molar-refractivity contribution < 1.29 is 9.59 Å². The minimum absolute atomic E-state index is 0.0432. The predicted octanol–water partition coefficient (Wildman–Crippen LogP) is 3.95. The van der Waals surface area contributed by atoms with Crippen LogP contribution in [0, 0.1) is 6.92 Å². The summed E-state index contributed by atoms with van der Waals surface area (Å²) in [4.78, 5) is 33.5. The summed E-state index contributed by atoms with van der Waals surface area (Å²) >= 11 is 0. The van der Waals surface area contributed by atoms with Crippen LogP contribution in [-0.4, -0.2) is 21.7 Å². The first-order valence-electron chi connectivity index (χ1n) is 8.92. The zero-order valence-electron chi connectivity index (χ0n) is 15.0. The van der Waals surface area contributed by atoms with E-state index < -0.39 is 0 Å². The Bertz CT molecular complexity index is 1020. The fourth-order valence-corrected chi connectivity index (χ4v) is 3.43. The molecule has 0 saturated carbocycles. The highest BCUT2D eigenvalue weighted by Crippen LogP contribution is 2.31. The number of fused-ring (bicyclic) bond motifs is 1. The van der Waals surface area contributed by atoms with E-state index in [0.717, 1.165) is 11.1 Å². The number of aromatic nitrogens is 2. The lowest BCUT2D eigenvalue weighted by Crippen LogP contribution is -2.22. The molecule has 27 heavy (non-hydrogen) atoms. The third kappa shape index (κ3) is 3.62. The summed E-state index contributed by atoms with van der Waals surface area (Å²) in [6, 6.07) is 17.3. The summed E-state index contributed by atoms with van der Waals surface area (Å²) in [5.74, 6) is 0.102. The Balaban J connectivity index is 1.58. The van der Waals surface area contributed by atoms with Crippen LogP contribution in [0.2, 0.25) is 0 Å². The van der Waals surface area contributed by atoms with Crippen molar-refractivity contribution in [3.8, 4) is 0 Å². The minimum Gasteiger partial charge on any atom is -0.294 e. The fourth-order valence-electron chi connectivity index (χ4n) is 3.43. The van der Waals surface area contributed by atoms with E-state index in [1.165, 1.54) is 6.20 Å². The average molecular weight is 357 g/mol. The molecule has 1 aromatic heterocycles. The van der Waals surface area contributed by atoms with Gasteiger partial charge in [0.15, 0.2) is 5.78 Å². The topological polar surface area (TPSA) is 72.0 Å². The zero-order chi connectivity index (χ0) is 18.8. The van der Waals surface area contributed by atoms with E-state index in [9.17, 15) is 9.59 Å². The van der Waals surface area contributed by atoms with Gasteiger partial charge < -0.3 is 0 Å². The first-order valence-corrected chi connectivity index (χ1v) is 8.92. The van der Waals surface area contributed by atoms with Crippen LogP contribution in [0.4, 0.5) is 5.95 Å². The number of carbonyl (C=O) groups is 2. The van der Waals surface area contributed by atoms with Crippen molar-refractivity contribution in [3.63, 3.8) is 0 Å². The van der Waals surface area contributed by atoms with Gasteiger partial charge in [-0.1, -0.05) is 48.0 Å². The molecule has 4 rings (SSSR count). The van der Waals surface area contributed by atoms with Crippen LogP contribution in [0.1, 0.15) is 49.9 Å². The molecule has 1 aliphatic rings. The van der Waals surface area contributed by atoms with Gasteiger partial charge >= 0.3 is 0 Å². The van der Waals surface area contributed by atoms with Gasteiger partial charge in [0.25, 0.3) is 5.91 Å². The second kappa shape index (κ2) is 7.11. The largest absolute Gasteiger partial charge is 0.294 e. The number of amides is 1. The molecular formula is C22H19N3O2. The maximum atomic E-state index is 12.5. The summed E-state index contributed by atoms with van der Waals surface area (Å²) in [5.41, 5.74) is 3.92. The first-order chi connectivity index (χ1) is 13.1. The summed E-state index contributed by atoms with van der Waals surface area (Å²) in [6.07, 6.45) is 2.63. The van der Waals surface area contributed by atoms with Crippen molar-refractivity contribution in [2.75, 3.05) is 5.32 Å². The van der Waals surface area contributed by atoms with E-state index in [0.29, 0.717) is 29.7 Å². The standard InChI is InChI=1S/C22H19N3O2/c1-14-6-5-9-16(10-14)21(27)25-22-23-13-18-19(24-22)11-17(12-20(18)26)15-7-3-2-4-8-15/h2-10,13,17H,11-12H2,1H3,(H,23,24,25,27)/t17-/m0/s1. The van der Waals surface area contributed by atoms with Crippen LogP contribution in [0.25, 0.3) is 0 Å². The lowest BCUT2D eigenvalue weighted by molar-refractivity contribution is 0.0962. The van der Waals surface area contributed by atoms with Gasteiger partial charge in [-0.05, 0) is 37.0 Å². The SMILES string of the molecule is Cc1cccc(C(=O)Nc2ncc3c(n2)C[C@H](c2ccccc2)CC3=O)c1. The highest BCUT2D eigenvalue weighted by Gasteiger charge is 2.28. The van der Waals surface area contributed by atoms with E-state index in [1.54, 1.807) is 6.07 Å². The number of rotatable bonds is 3. The molecule has 0 radical (unpaired) electrons. The van der Waals surface area contributed by atoms with Crippen LogP contribution >= 0.6 is 0 Å². The van der Waals surface area contributed by atoms with Crippen LogP contribution in [0.3, 0.4) is 0 Å². The smallest absolute Gasteiger partial charge is 0.258 e. The maximum Gasteiger partial charge on any atom is 0.258 e. The van der Waals surface area contributed by atoms with Crippen molar-refractivity contribution in [2.45, 2.75) is 25.7 Å². The van der Waals surface area contributed by atoms with Gasteiger partial charge in [-0.3, -0.25) is 14.9 Å². The van der Waals surface area contributed by atoms with E-state index in [2.05, 4.69) is 15.3 Å². The van der Waals surface area contributed by atoms with Gasteiger partial charge in [-0.25, -0.2) is 9.97 Å². The summed E-state index contributed by atoms with van der Waals surface area (Å²) in [7, 11) is 0. The number of nitrogens with zero attached hydrogens (tertiary/aromatic N) is 2. The summed E-state index contributed by atoms with van der Waals surface area (Å²) in [6.45, 7) is 1.93. The van der Waals surface area contributed by atoms with Crippen molar-refractivity contribution in [2.24, 2.45) is 0 Å². The highest BCUT2D eigenvalue weighted by atomic mass is 16.1. The Morgan fingerprint density at radius 3 is 2.67 bits per heavy atom. The number of anilines is 1. The van der Waals surface area contributed by atoms with E-state index in [4.69, 9.17) is 0 Å². The number of hydrogen-bond acceptors (Lipinski definition) is 4. The van der Waals surface area contributed by atoms with Crippen LogP contribution in [-0.2, 0) is 6.42 Å². The molecule has 0 fully saturated rings. The molecule has 134 valence electrons. The van der Waals surface area contributed by atoms with Crippen LogP contribution < -0.4 is 5.32 Å². The molecule has 0 saturated heterocycles. The number of hydrogen-bond donors (Lipinski definition) is 1. The maximum absolute atomic E-state index is 12.5. The molecule has 0 aliphatic heterocycles. The fraction of sp³-hybridized carbons (Fsp3) is 0.182. The van der Waals surface area contributed by atoms with Crippen LogP contribution in [0.15, 0.2) is 60.8 Å². The van der Waals surface area contributed by atoms with Crippen molar-refractivity contribution >= 4 is 17.6 Å². The third-order valence-electron chi connectivity index (χ3n) is 4.82. The van der Waals surface area contributed by atoms with Crippen LogP contribution in [0.5, 0.6) is 0 Å². The van der Waals surface area contributed by atoms with Gasteiger partial charge in [0.2, 0.25) is 5.95 Å². The average Bonchev–Trinajstić information content (AvgIpc) is 2.68. The van der Waals surface area contributed by atoms with E-state index in [-0.39, 0.29) is 23.6 Å². The first kappa shape index (κ1) is 17.1. The molecule has 1 atom stereocenters. The van der Waals surface area contributed by atoms with Gasteiger partial charge in [0.1, 0.15) is 0 Å².